The second-order valence-electron chi connectivity index (χ2n) is 6.44. The maximum Gasteiger partial charge on any atom is 0.417 e. The molecule has 0 aliphatic carbocycles. The van der Waals surface area contributed by atoms with E-state index in [9.17, 15) is 26.4 Å². The molecule has 6 nitrogen and oxygen atoms in total. The lowest BCUT2D eigenvalue weighted by Gasteiger charge is -2.29. The summed E-state index contributed by atoms with van der Waals surface area (Å²) in [6.45, 7) is 0.749. The number of alkyl halides is 3. The second-order valence-corrected chi connectivity index (χ2v) is 7.97. The number of nitrogens with two attached hydrogens (primary N) is 1. The standard InChI is InChI=1S/C18H18F3N3O3S/c19-18(20,21)15-9-14(5-6-16(15)28(22,26)27)23-10-17(25)24-8-7-12-3-1-2-4-13(12)11-24/h1-6,9,23H,7-8,10-11H2,(H2,22,26,27). The Hall–Kier alpha value is -2.59. The van der Waals surface area contributed by atoms with Crippen LogP contribution in [0.2, 0.25) is 0 Å². The van der Waals surface area contributed by atoms with Crippen LogP contribution in [0.15, 0.2) is 47.4 Å². The summed E-state index contributed by atoms with van der Waals surface area (Å²) in [6.07, 6.45) is -4.19. The highest BCUT2D eigenvalue weighted by Crippen LogP contribution is 2.35. The predicted octanol–water partition coefficient (Wildman–Crippen LogP) is 2.35. The van der Waals surface area contributed by atoms with Crippen LogP contribution in [0.1, 0.15) is 16.7 Å². The van der Waals surface area contributed by atoms with Gasteiger partial charge < -0.3 is 10.2 Å². The fourth-order valence-corrected chi connectivity index (χ4v) is 3.85. The van der Waals surface area contributed by atoms with Crippen LogP contribution in [-0.2, 0) is 34.0 Å². The molecule has 1 aliphatic rings. The van der Waals surface area contributed by atoms with Gasteiger partial charge in [0.2, 0.25) is 15.9 Å². The quantitative estimate of drug-likeness (QED) is 0.805. The SMILES string of the molecule is NS(=O)(=O)c1ccc(NCC(=O)N2CCc3ccccc3C2)cc1C(F)(F)F. The van der Waals surface area contributed by atoms with Crippen molar-refractivity contribution in [1.82, 2.24) is 4.90 Å². The highest BCUT2D eigenvalue weighted by Gasteiger charge is 2.36. The van der Waals surface area contributed by atoms with E-state index in [0.29, 0.717) is 25.6 Å². The molecule has 0 bridgehead atoms. The molecule has 0 saturated heterocycles. The van der Waals surface area contributed by atoms with E-state index in [-0.39, 0.29) is 18.1 Å². The summed E-state index contributed by atoms with van der Waals surface area (Å²) in [5.74, 6) is -0.265. The lowest BCUT2D eigenvalue weighted by Crippen LogP contribution is -2.39. The number of anilines is 1. The summed E-state index contributed by atoms with van der Waals surface area (Å²) in [5.41, 5.74) is 0.816. The van der Waals surface area contributed by atoms with Gasteiger partial charge in [-0.1, -0.05) is 24.3 Å². The van der Waals surface area contributed by atoms with E-state index in [0.717, 1.165) is 17.7 Å². The van der Waals surface area contributed by atoms with E-state index in [4.69, 9.17) is 5.14 Å². The number of benzene rings is 2. The minimum absolute atomic E-state index is 0.0227. The van der Waals surface area contributed by atoms with Crippen molar-refractivity contribution in [3.63, 3.8) is 0 Å². The number of hydrogen-bond acceptors (Lipinski definition) is 4. The van der Waals surface area contributed by atoms with Crippen molar-refractivity contribution in [3.8, 4) is 0 Å². The zero-order valence-corrected chi connectivity index (χ0v) is 15.5. The van der Waals surface area contributed by atoms with Crippen molar-refractivity contribution >= 4 is 21.6 Å². The second kappa shape index (κ2) is 7.44. The Morgan fingerprint density at radius 2 is 1.82 bits per heavy atom. The molecule has 0 unspecified atom stereocenters. The Morgan fingerprint density at radius 1 is 1.14 bits per heavy atom. The van der Waals surface area contributed by atoms with Crippen LogP contribution < -0.4 is 10.5 Å². The van der Waals surface area contributed by atoms with E-state index < -0.39 is 26.7 Å². The average molecular weight is 413 g/mol. The largest absolute Gasteiger partial charge is 0.417 e. The summed E-state index contributed by atoms with van der Waals surface area (Å²) in [4.78, 5) is 13.0. The van der Waals surface area contributed by atoms with E-state index in [1.165, 1.54) is 5.56 Å². The number of nitrogens with one attached hydrogen (secondary N) is 1. The van der Waals surface area contributed by atoms with E-state index >= 15 is 0 Å². The molecule has 0 atom stereocenters. The first kappa shape index (κ1) is 20.2. The number of carbonyl (C=O) groups excluding carboxylic acids is 1. The highest BCUT2D eigenvalue weighted by atomic mass is 32.2. The monoisotopic (exact) mass is 413 g/mol. The molecular weight excluding hydrogens is 395 g/mol. The van der Waals surface area contributed by atoms with Gasteiger partial charge in [0.1, 0.15) is 0 Å². The van der Waals surface area contributed by atoms with Crippen LogP contribution in [0.25, 0.3) is 0 Å². The van der Waals surface area contributed by atoms with Gasteiger partial charge in [-0.05, 0) is 35.7 Å². The van der Waals surface area contributed by atoms with Gasteiger partial charge >= 0.3 is 6.18 Å². The molecule has 0 radical (unpaired) electrons. The van der Waals surface area contributed by atoms with Gasteiger partial charge in [0.05, 0.1) is 17.0 Å². The van der Waals surface area contributed by atoms with Crippen molar-refractivity contribution < 1.29 is 26.4 Å². The molecule has 10 heteroatoms. The molecular formula is C18H18F3N3O3S. The van der Waals surface area contributed by atoms with Crippen molar-refractivity contribution in [2.24, 2.45) is 5.14 Å². The number of hydrogen-bond donors (Lipinski definition) is 2. The first-order valence-corrected chi connectivity index (χ1v) is 9.93. The molecule has 0 aromatic heterocycles. The lowest BCUT2D eigenvalue weighted by atomic mass is 10.00. The van der Waals surface area contributed by atoms with Gasteiger partial charge in [-0.3, -0.25) is 4.79 Å². The fourth-order valence-electron chi connectivity index (χ4n) is 3.11. The number of halogens is 3. The third-order valence-corrected chi connectivity index (χ3v) is 5.49. The molecule has 0 fully saturated rings. The summed E-state index contributed by atoms with van der Waals surface area (Å²) >= 11 is 0. The Balaban J connectivity index is 1.72. The smallest absolute Gasteiger partial charge is 0.376 e. The molecule has 1 aliphatic heterocycles. The molecule has 150 valence electrons. The summed E-state index contributed by atoms with van der Waals surface area (Å²) < 4.78 is 62.3. The van der Waals surface area contributed by atoms with Gasteiger partial charge in [-0.2, -0.15) is 13.2 Å². The first-order valence-electron chi connectivity index (χ1n) is 8.38. The average Bonchev–Trinajstić information content (AvgIpc) is 2.64. The summed E-state index contributed by atoms with van der Waals surface area (Å²) in [5, 5.41) is 7.48. The van der Waals surface area contributed by atoms with Gasteiger partial charge in [0, 0.05) is 18.8 Å². The van der Waals surface area contributed by atoms with Crippen molar-refractivity contribution in [2.45, 2.75) is 24.0 Å². The molecule has 1 amide bonds. The number of primary sulfonamides is 1. The van der Waals surface area contributed by atoms with Gasteiger partial charge in [-0.25, -0.2) is 13.6 Å². The molecule has 2 aromatic carbocycles. The van der Waals surface area contributed by atoms with Gasteiger partial charge in [0.25, 0.3) is 0 Å². The van der Waals surface area contributed by atoms with Gasteiger partial charge in [0.15, 0.2) is 0 Å². The minimum atomic E-state index is -4.90. The molecule has 3 N–H and O–H groups in total. The molecule has 28 heavy (non-hydrogen) atoms. The van der Waals surface area contributed by atoms with Crippen LogP contribution >= 0.6 is 0 Å². The number of carbonyl (C=O) groups is 1. The van der Waals surface area contributed by atoms with E-state index in [1.54, 1.807) is 4.90 Å². The van der Waals surface area contributed by atoms with Crippen molar-refractivity contribution in [1.29, 1.82) is 0 Å². The van der Waals surface area contributed by atoms with Crippen LogP contribution in [0.3, 0.4) is 0 Å². The number of fused-ring (bicyclic) bond motifs is 1. The normalized spacial score (nSPS) is 14.5. The predicted molar refractivity (Wildman–Crippen MR) is 96.9 cm³/mol. The van der Waals surface area contributed by atoms with Crippen LogP contribution in [-0.4, -0.2) is 32.3 Å². The van der Waals surface area contributed by atoms with E-state index in [2.05, 4.69) is 5.32 Å². The fraction of sp³-hybridized carbons (Fsp3) is 0.278. The van der Waals surface area contributed by atoms with Crippen LogP contribution in [0.5, 0.6) is 0 Å². The Kier molecular flexibility index (Phi) is 5.35. The molecule has 2 aromatic rings. The Bertz CT molecular complexity index is 1010. The van der Waals surface area contributed by atoms with Crippen molar-refractivity contribution in [2.75, 3.05) is 18.4 Å². The topological polar surface area (TPSA) is 92.5 Å². The van der Waals surface area contributed by atoms with E-state index in [1.807, 2.05) is 24.3 Å². The molecule has 0 saturated carbocycles. The minimum Gasteiger partial charge on any atom is -0.376 e. The zero-order valence-electron chi connectivity index (χ0n) is 14.7. The van der Waals surface area contributed by atoms with Crippen LogP contribution in [0.4, 0.5) is 18.9 Å². The number of rotatable bonds is 4. The number of sulfonamides is 1. The maximum absolute atomic E-state index is 13.2. The summed E-state index contributed by atoms with van der Waals surface area (Å²) in [6, 6.07) is 10.3. The van der Waals surface area contributed by atoms with Crippen LogP contribution in [0, 0.1) is 0 Å². The lowest BCUT2D eigenvalue weighted by molar-refractivity contribution is -0.139. The molecule has 1 heterocycles. The van der Waals surface area contributed by atoms with Crippen molar-refractivity contribution in [3.05, 3.63) is 59.2 Å². The maximum atomic E-state index is 13.2. The zero-order chi connectivity index (χ0) is 20.5. The third-order valence-electron chi connectivity index (χ3n) is 4.52. The highest BCUT2D eigenvalue weighted by molar-refractivity contribution is 7.89. The molecule has 0 spiro atoms. The molecule has 3 rings (SSSR count). The Morgan fingerprint density at radius 3 is 2.46 bits per heavy atom. The Labute approximate surface area is 160 Å². The third kappa shape index (κ3) is 4.45. The number of amides is 1. The van der Waals surface area contributed by atoms with Gasteiger partial charge in [-0.15, -0.1) is 0 Å². The number of nitrogens with zero attached hydrogens (tertiary/aromatic N) is 1. The first-order chi connectivity index (χ1) is 13.1. The summed E-state index contributed by atoms with van der Waals surface area (Å²) in [7, 11) is -4.53.